The molecule has 2 aromatic heterocycles. The number of ether oxygens (including phenoxy) is 1. The molecule has 0 aliphatic heterocycles. The minimum absolute atomic E-state index is 0.0141. The van der Waals surface area contributed by atoms with Crippen LogP contribution in [0.2, 0.25) is 4.34 Å². The van der Waals surface area contributed by atoms with Crippen molar-refractivity contribution in [2.45, 2.75) is 45.1 Å². The van der Waals surface area contributed by atoms with Gasteiger partial charge in [0.2, 0.25) is 0 Å². The van der Waals surface area contributed by atoms with Gasteiger partial charge < -0.3 is 14.4 Å². The smallest absolute Gasteiger partial charge is 0.307 e. The van der Waals surface area contributed by atoms with Crippen LogP contribution >= 0.6 is 22.9 Å². The monoisotopic (exact) mass is 560 g/mol. The molecule has 4 rings (SSSR count). The Morgan fingerprint density at radius 3 is 2.70 bits per heavy atom. The highest BCUT2D eigenvalue weighted by atomic mass is 35.5. The molecule has 10 heteroatoms. The first kappa shape index (κ1) is 27.3. The topological polar surface area (TPSA) is 94.5 Å². The zero-order valence-electron chi connectivity index (χ0n) is 20.5. The maximum absolute atomic E-state index is 15.7. The second kappa shape index (κ2) is 11.4. The fourth-order valence-corrected chi connectivity index (χ4v) is 5.69. The molecule has 2 aromatic carbocycles. The van der Waals surface area contributed by atoms with Crippen molar-refractivity contribution in [3.8, 4) is 16.9 Å². The number of pyridine rings is 1. The summed E-state index contributed by atoms with van der Waals surface area (Å²) in [6.07, 6.45) is 1.38. The second-order valence-electron chi connectivity index (χ2n) is 9.39. The van der Waals surface area contributed by atoms with Crippen molar-refractivity contribution < 1.29 is 23.6 Å². The zero-order valence-corrected chi connectivity index (χ0v) is 22.9. The Labute approximate surface area is 226 Å². The molecular formula is C27H26ClFN2O4S2. The molecule has 0 aliphatic carbocycles. The lowest BCUT2D eigenvalue weighted by molar-refractivity contribution is -0.136. The van der Waals surface area contributed by atoms with E-state index in [1.54, 1.807) is 36.4 Å². The van der Waals surface area contributed by atoms with Crippen LogP contribution in [0.25, 0.3) is 21.2 Å². The Balaban J connectivity index is 1.67. The van der Waals surface area contributed by atoms with Crippen molar-refractivity contribution >= 4 is 50.4 Å². The number of hydrogen-bond acceptors (Lipinski definition) is 6. The molecule has 0 spiro atoms. The molecule has 0 fully saturated rings. The molecule has 1 unspecified atom stereocenters. The number of aromatic nitrogens is 1. The number of hydrogen-bond donors (Lipinski definition) is 2. The number of fused-ring (bicyclic) bond motifs is 1. The van der Waals surface area contributed by atoms with E-state index in [9.17, 15) is 14.5 Å². The normalized spacial score (nSPS) is 12.6. The summed E-state index contributed by atoms with van der Waals surface area (Å²) >= 11 is 6.32. The van der Waals surface area contributed by atoms with Crippen LogP contribution in [0.1, 0.15) is 37.6 Å². The number of benzene rings is 2. The maximum Gasteiger partial charge on any atom is 0.307 e. The molecule has 2 N–H and O–H groups in total. The van der Waals surface area contributed by atoms with Gasteiger partial charge in [0.25, 0.3) is 0 Å². The third-order valence-corrected chi connectivity index (χ3v) is 8.28. The third-order valence-electron chi connectivity index (χ3n) is 5.55. The summed E-state index contributed by atoms with van der Waals surface area (Å²) in [5.74, 6) is -0.974. The predicted octanol–water partition coefficient (Wildman–Crippen LogP) is 6.51. The van der Waals surface area contributed by atoms with Crippen LogP contribution in [0.5, 0.6) is 5.75 Å². The zero-order chi connectivity index (χ0) is 26.7. The molecule has 0 aliphatic rings. The summed E-state index contributed by atoms with van der Waals surface area (Å²) in [5, 5.41) is 9.99. The van der Waals surface area contributed by atoms with E-state index in [1.165, 1.54) is 17.5 Å². The highest BCUT2D eigenvalue weighted by Gasteiger charge is 2.27. The van der Waals surface area contributed by atoms with Gasteiger partial charge in [0.1, 0.15) is 17.1 Å². The van der Waals surface area contributed by atoms with Crippen molar-refractivity contribution in [3.63, 3.8) is 0 Å². The molecule has 0 amide bonds. The minimum Gasteiger partial charge on any atom is -0.598 e. The molecule has 1 atom stereocenters. The molecule has 0 radical (unpaired) electrons. The van der Waals surface area contributed by atoms with Crippen LogP contribution in [0, 0.1) is 5.82 Å². The molecule has 0 saturated carbocycles. The van der Waals surface area contributed by atoms with E-state index in [0.717, 1.165) is 15.6 Å². The molecule has 2 heterocycles. The average molecular weight is 561 g/mol. The number of carbonyl (C=O) groups is 1. The van der Waals surface area contributed by atoms with E-state index in [0.29, 0.717) is 26.8 Å². The first-order chi connectivity index (χ1) is 17.5. The SMILES string of the molecule is CC(C)(C)[S+]([O-])NCc1nccc(-c2cc(COc3ccccc3CC(=O)O)cc3sc(Cl)cc23)c1F. The van der Waals surface area contributed by atoms with Gasteiger partial charge in [-0.2, -0.15) is 0 Å². The maximum atomic E-state index is 15.7. The number of halogens is 2. The molecule has 194 valence electrons. The number of nitrogens with zero attached hydrogens (tertiary/aromatic N) is 1. The Bertz CT molecular complexity index is 1440. The highest BCUT2D eigenvalue weighted by molar-refractivity contribution is 7.90. The lowest BCUT2D eigenvalue weighted by atomic mass is 9.99. The number of rotatable bonds is 9. The predicted molar refractivity (Wildman–Crippen MR) is 147 cm³/mol. The van der Waals surface area contributed by atoms with E-state index in [4.69, 9.17) is 16.3 Å². The van der Waals surface area contributed by atoms with Crippen LogP contribution in [0.15, 0.2) is 54.7 Å². The number of thiophene rings is 1. The van der Waals surface area contributed by atoms with Gasteiger partial charge in [-0.15, -0.1) is 16.1 Å². The van der Waals surface area contributed by atoms with Gasteiger partial charge in [-0.1, -0.05) is 29.8 Å². The van der Waals surface area contributed by atoms with Gasteiger partial charge in [0.05, 0.1) is 23.0 Å². The van der Waals surface area contributed by atoms with Crippen LogP contribution in [-0.2, 0) is 35.7 Å². The summed E-state index contributed by atoms with van der Waals surface area (Å²) in [5.41, 5.74) is 2.49. The highest BCUT2D eigenvalue weighted by Crippen LogP contribution is 2.39. The van der Waals surface area contributed by atoms with E-state index >= 15 is 4.39 Å². The summed E-state index contributed by atoms with van der Waals surface area (Å²) in [7, 11) is 0. The third kappa shape index (κ3) is 6.61. The average Bonchev–Trinajstić information content (AvgIpc) is 3.21. The summed E-state index contributed by atoms with van der Waals surface area (Å²) in [6.45, 7) is 5.67. The van der Waals surface area contributed by atoms with E-state index in [1.807, 2.05) is 32.9 Å². The lowest BCUT2D eigenvalue weighted by Crippen LogP contribution is -2.39. The summed E-state index contributed by atoms with van der Waals surface area (Å²) in [6, 6.07) is 14.2. The molecular weight excluding hydrogens is 535 g/mol. The van der Waals surface area contributed by atoms with E-state index in [-0.39, 0.29) is 25.3 Å². The van der Waals surface area contributed by atoms with Crippen molar-refractivity contribution in [1.29, 1.82) is 0 Å². The molecule has 0 saturated heterocycles. The number of nitrogens with one attached hydrogen (secondary N) is 1. The Morgan fingerprint density at radius 1 is 1.22 bits per heavy atom. The summed E-state index contributed by atoms with van der Waals surface area (Å²) < 4.78 is 37.8. The van der Waals surface area contributed by atoms with Gasteiger partial charge in [-0.3, -0.25) is 9.78 Å². The van der Waals surface area contributed by atoms with Crippen molar-refractivity contribution in [1.82, 2.24) is 9.71 Å². The van der Waals surface area contributed by atoms with E-state index < -0.39 is 27.9 Å². The van der Waals surface area contributed by atoms with Crippen LogP contribution in [-0.4, -0.2) is 25.4 Å². The van der Waals surface area contributed by atoms with Gasteiger partial charge >= 0.3 is 5.97 Å². The number of aliphatic carboxylic acids is 1. The fraction of sp³-hybridized carbons (Fsp3) is 0.259. The van der Waals surface area contributed by atoms with Crippen molar-refractivity contribution in [2.75, 3.05) is 0 Å². The second-order valence-corrected chi connectivity index (χ2v) is 13.2. The first-order valence-corrected chi connectivity index (χ1v) is 13.8. The Morgan fingerprint density at radius 2 is 1.97 bits per heavy atom. The summed E-state index contributed by atoms with van der Waals surface area (Å²) in [4.78, 5) is 15.4. The molecule has 0 bridgehead atoms. The molecule has 37 heavy (non-hydrogen) atoms. The fourth-order valence-electron chi connectivity index (χ4n) is 3.75. The van der Waals surface area contributed by atoms with Gasteiger partial charge in [-0.25, -0.2) is 4.39 Å². The number of para-hydroxylation sites is 1. The van der Waals surface area contributed by atoms with Crippen LogP contribution < -0.4 is 9.46 Å². The van der Waals surface area contributed by atoms with Gasteiger partial charge in [0.15, 0.2) is 5.82 Å². The van der Waals surface area contributed by atoms with Crippen LogP contribution in [0.3, 0.4) is 0 Å². The first-order valence-electron chi connectivity index (χ1n) is 11.5. The van der Waals surface area contributed by atoms with E-state index in [2.05, 4.69) is 9.71 Å². The Kier molecular flexibility index (Phi) is 8.40. The van der Waals surface area contributed by atoms with Gasteiger partial charge in [0, 0.05) is 38.8 Å². The van der Waals surface area contributed by atoms with Crippen molar-refractivity contribution in [2.24, 2.45) is 0 Å². The standard InChI is InChI=1S/C27H26ClFN2O4S2/c1-27(2,3)37(34)31-14-21-26(29)18(8-9-30-21)19-10-16(11-23-20(19)13-24(28)36-23)15-35-22-7-5-4-6-17(22)12-25(32)33/h4-11,13,31H,12,14-15H2,1-3H3,(H,32,33). The molecule has 6 nitrogen and oxygen atoms in total. The largest absolute Gasteiger partial charge is 0.598 e. The van der Waals surface area contributed by atoms with Crippen molar-refractivity contribution in [3.05, 3.63) is 81.7 Å². The number of carboxylic acid groups (broad SMARTS) is 1. The lowest BCUT2D eigenvalue weighted by Gasteiger charge is -2.23. The van der Waals surface area contributed by atoms with Crippen LogP contribution in [0.4, 0.5) is 4.39 Å². The quantitative estimate of drug-likeness (QED) is 0.226. The number of carboxylic acids is 1. The van der Waals surface area contributed by atoms with Gasteiger partial charge in [-0.05, 0) is 62.2 Å². The minimum atomic E-state index is -1.37. The molecule has 4 aromatic rings. The Hall–Kier alpha value is -2.69.